The van der Waals surface area contributed by atoms with Gasteiger partial charge in [-0.05, 0) is 63.0 Å². The van der Waals surface area contributed by atoms with Crippen LogP contribution in [0, 0.1) is 13.8 Å². The molecule has 24 heavy (non-hydrogen) atoms. The van der Waals surface area contributed by atoms with Gasteiger partial charge in [0.15, 0.2) is 0 Å². The van der Waals surface area contributed by atoms with Crippen LogP contribution in [0.3, 0.4) is 0 Å². The first-order chi connectivity index (χ1) is 11.4. The number of aryl methyl sites for hydroxylation is 2. The van der Waals surface area contributed by atoms with Gasteiger partial charge in [-0.25, -0.2) is 0 Å². The lowest BCUT2D eigenvalue weighted by Gasteiger charge is -2.30. The van der Waals surface area contributed by atoms with E-state index in [1.807, 2.05) is 0 Å². The minimum atomic E-state index is -0.233. The smallest absolute Gasteiger partial charge is 0.0824 e. The van der Waals surface area contributed by atoms with Gasteiger partial charge in [0.2, 0.25) is 0 Å². The van der Waals surface area contributed by atoms with Gasteiger partial charge in [-0.1, -0.05) is 65.7 Å². The molecular formula is C23H27N. The molecule has 0 aromatic heterocycles. The predicted octanol–water partition coefficient (Wildman–Crippen LogP) is 5.54. The Balaban J connectivity index is 2.14. The molecule has 1 aliphatic rings. The molecule has 0 amide bonds. The van der Waals surface area contributed by atoms with Crippen LogP contribution in [0.15, 0.2) is 66.3 Å². The highest BCUT2D eigenvalue weighted by Gasteiger charge is 2.33. The predicted molar refractivity (Wildman–Crippen MR) is 104 cm³/mol. The largest absolute Gasteiger partial charge is 0.299 e. The van der Waals surface area contributed by atoms with Crippen LogP contribution in [0.4, 0.5) is 0 Å². The quantitative estimate of drug-likeness (QED) is 0.780. The van der Waals surface area contributed by atoms with Crippen molar-refractivity contribution in [3.8, 4) is 0 Å². The maximum Gasteiger partial charge on any atom is 0.0824 e. The first-order valence-corrected chi connectivity index (χ1v) is 8.74. The number of benzene rings is 2. The molecule has 1 heteroatoms. The highest BCUT2D eigenvalue weighted by Crippen LogP contribution is 2.40. The molecular weight excluding hydrogens is 290 g/mol. The summed E-state index contributed by atoms with van der Waals surface area (Å²) in [6.07, 6.45) is 4.77. The summed E-state index contributed by atoms with van der Waals surface area (Å²) in [5.41, 5.74) is 7.61. The van der Waals surface area contributed by atoms with E-state index in [1.165, 1.54) is 33.4 Å². The highest BCUT2D eigenvalue weighted by atomic mass is 15.0. The second kappa shape index (κ2) is 6.41. The summed E-state index contributed by atoms with van der Waals surface area (Å²) < 4.78 is 0. The molecule has 0 bridgehead atoms. The average Bonchev–Trinajstić information content (AvgIpc) is 2.84. The standard InChI is InChI=1S/C23H27N/c1-16(2)24-23(21-11-7-9-18(4)13-21)14-19(5)22(15-23)20-10-6-8-17(3)12-20/h6-16,24H,1-5H3/t23-/m0/s1. The van der Waals surface area contributed by atoms with Crippen LogP contribution in [0.25, 0.3) is 5.57 Å². The summed E-state index contributed by atoms with van der Waals surface area (Å²) in [7, 11) is 0. The first kappa shape index (κ1) is 16.7. The van der Waals surface area contributed by atoms with Gasteiger partial charge in [-0.15, -0.1) is 0 Å². The van der Waals surface area contributed by atoms with E-state index in [9.17, 15) is 0 Å². The van der Waals surface area contributed by atoms with Crippen molar-refractivity contribution in [1.82, 2.24) is 5.32 Å². The fourth-order valence-corrected chi connectivity index (χ4v) is 3.64. The van der Waals surface area contributed by atoms with Crippen LogP contribution in [-0.2, 0) is 5.54 Å². The van der Waals surface area contributed by atoms with Gasteiger partial charge in [0.25, 0.3) is 0 Å². The lowest BCUT2D eigenvalue weighted by atomic mass is 9.89. The molecule has 0 saturated heterocycles. The lowest BCUT2D eigenvalue weighted by Crippen LogP contribution is -2.42. The molecule has 1 aliphatic carbocycles. The van der Waals surface area contributed by atoms with Crippen LogP contribution < -0.4 is 5.32 Å². The van der Waals surface area contributed by atoms with Crippen LogP contribution in [-0.4, -0.2) is 6.04 Å². The second-order valence-corrected chi connectivity index (χ2v) is 7.29. The SMILES string of the molecule is CC1=C[C@@](NC(C)C)(c2cccc(C)c2)C=C1c1cccc(C)c1. The molecule has 124 valence electrons. The minimum Gasteiger partial charge on any atom is -0.299 e. The van der Waals surface area contributed by atoms with E-state index < -0.39 is 0 Å². The van der Waals surface area contributed by atoms with Crippen LogP contribution in [0.2, 0.25) is 0 Å². The maximum atomic E-state index is 3.79. The molecule has 3 rings (SSSR count). The third kappa shape index (κ3) is 3.22. The summed E-state index contributed by atoms with van der Waals surface area (Å²) in [5, 5.41) is 3.79. The zero-order chi connectivity index (χ0) is 17.3. The Morgan fingerprint density at radius 2 is 1.50 bits per heavy atom. The third-order valence-corrected chi connectivity index (χ3v) is 4.59. The van der Waals surface area contributed by atoms with Crippen LogP contribution >= 0.6 is 0 Å². The molecule has 0 unspecified atom stereocenters. The van der Waals surface area contributed by atoms with Crippen molar-refractivity contribution >= 4 is 5.57 Å². The van der Waals surface area contributed by atoms with E-state index in [2.05, 4.69) is 101 Å². The summed E-state index contributed by atoms with van der Waals surface area (Å²) in [5.74, 6) is 0. The topological polar surface area (TPSA) is 12.0 Å². The van der Waals surface area contributed by atoms with Crippen LogP contribution in [0.1, 0.15) is 43.0 Å². The molecule has 0 saturated carbocycles. The Morgan fingerprint density at radius 3 is 2.12 bits per heavy atom. The fraction of sp³-hybridized carbons (Fsp3) is 0.304. The second-order valence-electron chi connectivity index (χ2n) is 7.29. The average molecular weight is 317 g/mol. The van der Waals surface area contributed by atoms with Gasteiger partial charge >= 0.3 is 0 Å². The van der Waals surface area contributed by atoms with Crippen molar-refractivity contribution in [2.45, 2.75) is 46.2 Å². The molecule has 0 spiro atoms. The number of hydrogen-bond acceptors (Lipinski definition) is 1. The van der Waals surface area contributed by atoms with E-state index in [0.29, 0.717) is 6.04 Å². The molecule has 2 aromatic rings. The monoisotopic (exact) mass is 317 g/mol. The van der Waals surface area contributed by atoms with Crippen LogP contribution in [0.5, 0.6) is 0 Å². The molecule has 0 fully saturated rings. The van der Waals surface area contributed by atoms with E-state index in [0.717, 1.165) is 0 Å². The zero-order valence-corrected chi connectivity index (χ0v) is 15.4. The Morgan fingerprint density at radius 1 is 0.833 bits per heavy atom. The summed E-state index contributed by atoms with van der Waals surface area (Å²) in [4.78, 5) is 0. The maximum absolute atomic E-state index is 3.79. The van der Waals surface area contributed by atoms with Gasteiger partial charge in [0.1, 0.15) is 0 Å². The van der Waals surface area contributed by atoms with E-state index in [4.69, 9.17) is 0 Å². The molecule has 0 radical (unpaired) electrons. The summed E-state index contributed by atoms with van der Waals surface area (Å²) in [6.45, 7) is 10.9. The first-order valence-electron chi connectivity index (χ1n) is 8.74. The number of nitrogens with one attached hydrogen (secondary N) is 1. The third-order valence-electron chi connectivity index (χ3n) is 4.59. The lowest BCUT2D eigenvalue weighted by molar-refractivity contribution is 0.454. The molecule has 1 N–H and O–H groups in total. The summed E-state index contributed by atoms with van der Waals surface area (Å²) >= 11 is 0. The van der Waals surface area contributed by atoms with Gasteiger partial charge in [-0.2, -0.15) is 0 Å². The Kier molecular flexibility index (Phi) is 4.47. The van der Waals surface area contributed by atoms with Gasteiger partial charge in [0, 0.05) is 6.04 Å². The Hall–Kier alpha value is -2.12. The number of hydrogen-bond donors (Lipinski definition) is 1. The fourth-order valence-electron chi connectivity index (χ4n) is 3.64. The van der Waals surface area contributed by atoms with Crippen molar-refractivity contribution in [2.75, 3.05) is 0 Å². The van der Waals surface area contributed by atoms with E-state index >= 15 is 0 Å². The van der Waals surface area contributed by atoms with Crippen molar-refractivity contribution in [3.05, 3.63) is 88.5 Å². The van der Waals surface area contributed by atoms with Crippen molar-refractivity contribution in [1.29, 1.82) is 0 Å². The van der Waals surface area contributed by atoms with Crippen molar-refractivity contribution in [3.63, 3.8) is 0 Å². The van der Waals surface area contributed by atoms with Crippen molar-refractivity contribution in [2.24, 2.45) is 0 Å². The summed E-state index contributed by atoms with van der Waals surface area (Å²) in [6, 6.07) is 18.0. The normalized spacial score (nSPS) is 20.2. The molecule has 0 aliphatic heterocycles. The van der Waals surface area contributed by atoms with Gasteiger partial charge < -0.3 is 0 Å². The van der Waals surface area contributed by atoms with E-state index in [-0.39, 0.29) is 5.54 Å². The molecule has 2 aromatic carbocycles. The molecule has 1 atom stereocenters. The number of allylic oxidation sites excluding steroid dienone is 2. The van der Waals surface area contributed by atoms with Crippen molar-refractivity contribution < 1.29 is 0 Å². The van der Waals surface area contributed by atoms with E-state index in [1.54, 1.807) is 0 Å². The number of rotatable bonds is 4. The highest BCUT2D eigenvalue weighted by molar-refractivity contribution is 5.84. The zero-order valence-electron chi connectivity index (χ0n) is 15.4. The minimum absolute atomic E-state index is 0.233. The Bertz CT molecular complexity index is 810. The molecule has 0 heterocycles. The Labute approximate surface area is 146 Å². The molecule has 1 nitrogen and oxygen atoms in total. The van der Waals surface area contributed by atoms with Gasteiger partial charge in [-0.3, -0.25) is 5.32 Å². The van der Waals surface area contributed by atoms with Gasteiger partial charge in [0.05, 0.1) is 5.54 Å².